The van der Waals surface area contributed by atoms with Gasteiger partial charge in [0.25, 0.3) is 0 Å². The summed E-state index contributed by atoms with van der Waals surface area (Å²) < 4.78 is 17.5. The highest BCUT2D eigenvalue weighted by molar-refractivity contribution is 5.52. The van der Waals surface area contributed by atoms with Gasteiger partial charge in [-0.15, -0.1) is 0 Å². The zero-order valence-corrected chi connectivity index (χ0v) is 15.4. The van der Waals surface area contributed by atoms with Crippen LogP contribution >= 0.6 is 0 Å². The van der Waals surface area contributed by atoms with Crippen LogP contribution < -0.4 is 19.1 Å². The van der Waals surface area contributed by atoms with Gasteiger partial charge in [0.1, 0.15) is 6.10 Å². The molecule has 0 spiro atoms. The van der Waals surface area contributed by atoms with Crippen molar-refractivity contribution in [3.63, 3.8) is 0 Å². The number of hydrogen-bond donors (Lipinski definition) is 0. The third-order valence-electron chi connectivity index (χ3n) is 4.72. The second-order valence-electron chi connectivity index (χ2n) is 6.55. The highest BCUT2D eigenvalue weighted by Gasteiger charge is 2.22. The Labute approximate surface area is 159 Å². The molecular weight excluding hydrogens is 338 g/mol. The van der Waals surface area contributed by atoms with E-state index in [2.05, 4.69) is 48.3 Å². The second kappa shape index (κ2) is 8.04. The van der Waals surface area contributed by atoms with E-state index in [1.54, 1.807) is 0 Å². The van der Waals surface area contributed by atoms with E-state index in [4.69, 9.17) is 14.2 Å². The van der Waals surface area contributed by atoms with Crippen LogP contribution in [-0.4, -0.2) is 20.4 Å². The first-order chi connectivity index (χ1) is 13.3. The summed E-state index contributed by atoms with van der Waals surface area (Å²) in [6, 6.07) is 26.5. The van der Waals surface area contributed by atoms with E-state index in [1.165, 1.54) is 5.69 Å². The van der Waals surface area contributed by atoms with Gasteiger partial charge in [-0.25, -0.2) is 0 Å². The van der Waals surface area contributed by atoms with Crippen molar-refractivity contribution in [3.8, 4) is 17.2 Å². The summed E-state index contributed by atoms with van der Waals surface area (Å²) in [6.45, 7) is 1.11. The maximum Gasteiger partial charge on any atom is 0.231 e. The van der Waals surface area contributed by atoms with Crippen molar-refractivity contribution in [1.82, 2.24) is 0 Å². The number of rotatable bonds is 7. The van der Waals surface area contributed by atoms with Crippen molar-refractivity contribution in [2.45, 2.75) is 12.5 Å². The van der Waals surface area contributed by atoms with E-state index in [-0.39, 0.29) is 12.9 Å². The first-order valence-corrected chi connectivity index (χ1v) is 9.17. The SMILES string of the molecule is CN(CC[C@@H](Oc1cccc2c1OCO2)c1ccccc1)c1ccccc1. The van der Waals surface area contributed by atoms with Crippen LogP contribution in [0, 0.1) is 0 Å². The summed E-state index contributed by atoms with van der Waals surface area (Å²) in [5.74, 6) is 2.15. The molecule has 0 N–H and O–H groups in total. The Morgan fingerprint density at radius 2 is 1.63 bits per heavy atom. The maximum atomic E-state index is 6.40. The standard InChI is InChI=1S/C23H23NO3/c1-24(19-11-6-3-7-12-19)16-15-20(18-9-4-2-5-10-18)27-22-14-8-13-21-23(22)26-17-25-21/h2-14,20H,15-17H2,1H3/t20-/m1/s1. The molecular formula is C23H23NO3. The monoisotopic (exact) mass is 361 g/mol. The van der Waals surface area contributed by atoms with Crippen molar-refractivity contribution in [2.75, 3.05) is 25.3 Å². The van der Waals surface area contributed by atoms with Crippen molar-refractivity contribution in [1.29, 1.82) is 0 Å². The van der Waals surface area contributed by atoms with Gasteiger partial charge in [0, 0.05) is 25.7 Å². The molecule has 0 aromatic heterocycles. The molecule has 1 heterocycles. The first kappa shape index (κ1) is 17.3. The average Bonchev–Trinajstić information content (AvgIpc) is 3.22. The lowest BCUT2D eigenvalue weighted by Gasteiger charge is -2.25. The third kappa shape index (κ3) is 4.00. The predicted octanol–water partition coefficient (Wildman–Crippen LogP) is 5.06. The Hall–Kier alpha value is -3.14. The van der Waals surface area contributed by atoms with Crippen LogP contribution in [0.15, 0.2) is 78.9 Å². The number of nitrogens with zero attached hydrogens (tertiary/aromatic N) is 1. The summed E-state index contributed by atoms with van der Waals surface area (Å²) in [4.78, 5) is 2.24. The molecule has 0 fully saturated rings. The van der Waals surface area contributed by atoms with Crippen molar-refractivity contribution < 1.29 is 14.2 Å². The predicted molar refractivity (Wildman–Crippen MR) is 107 cm³/mol. The zero-order valence-electron chi connectivity index (χ0n) is 15.4. The topological polar surface area (TPSA) is 30.9 Å². The van der Waals surface area contributed by atoms with Crippen molar-refractivity contribution in [3.05, 3.63) is 84.4 Å². The van der Waals surface area contributed by atoms with E-state index in [1.807, 2.05) is 42.5 Å². The van der Waals surface area contributed by atoms with Gasteiger partial charge >= 0.3 is 0 Å². The van der Waals surface area contributed by atoms with Crippen LogP contribution in [0.1, 0.15) is 18.1 Å². The number of hydrogen-bond acceptors (Lipinski definition) is 4. The van der Waals surface area contributed by atoms with E-state index in [0.717, 1.165) is 30.0 Å². The summed E-state index contributed by atoms with van der Waals surface area (Å²) in [6.07, 6.45) is 0.771. The fraction of sp³-hybridized carbons (Fsp3) is 0.217. The minimum absolute atomic E-state index is 0.0759. The Morgan fingerprint density at radius 1 is 0.889 bits per heavy atom. The minimum atomic E-state index is -0.0759. The Balaban J connectivity index is 1.52. The first-order valence-electron chi connectivity index (χ1n) is 9.17. The molecule has 0 saturated heterocycles. The van der Waals surface area contributed by atoms with Crippen molar-refractivity contribution in [2.24, 2.45) is 0 Å². The lowest BCUT2D eigenvalue weighted by molar-refractivity contribution is 0.158. The van der Waals surface area contributed by atoms with Crippen LogP contribution in [0.3, 0.4) is 0 Å². The lowest BCUT2D eigenvalue weighted by atomic mass is 10.1. The van der Waals surface area contributed by atoms with Gasteiger partial charge in [-0.2, -0.15) is 0 Å². The zero-order chi connectivity index (χ0) is 18.5. The van der Waals surface area contributed by atoms with Gasteiger partial charge in [-0.3, -0.25) is 0 Å². The molecule has 0 saturated carbocycles. The number of fused-ring (bicyclic) bond motifs is 1. The number of anilines is 1. The van der Waals surface area contributed by atoms with Gasteiger partial charge in [0.05, 0.1) is 0 Å². The molecule has 0 bridgehead atoms. The summed E-state index contributed by atoms with van der Waals surface area (Å²) in [5.41, 5.74) is 2.34. The maximum absolute atomic E-state index is 6.40. The van der Waals surface area contributed by atoms with Crippen LogP contribution in [0.25, 0.3) is 0 Å². The highest BCUT2D eigenvalue weighted by Crippen LogP contribution is 2.42. The van der Waals surface area contributed by atoms with Gasteiger partial charge in [0.2, 0.25) is 12.5 Å². The fourth-order valence-electron chi connectivity index (χ4n) is 3.23. The molecule has 4 rings (SSSR count). The quantitative estimate of drug-likeness (QED) is 0.588. The van der Waals surface area contributed by atoms with Crippen molar-refractivity contribution >= 4 is 5.69 Å². The molecule has 0 aliphatic carbocycles. The molecule has 4 heteroatoms. The normalized spacial score (nSPS) is 13.2. The molecule has 3 aromatic carbocycles. The number of ether oxygens (including phenoxy) is 3. The minimum Gasteiger partial charge on any atom is -0.482 e. The van der Waals surface area contributed by atoms with Crippen LogP contribution in [-0.2, 0) is 0 Å². The lowest BCUT2D eigenvalue weighted by Crippen LogP contribution is -2.22. The third-order valence-corrected chi connectivity index (χ3v) is 4.72. The summed E-state index contributed by atoms with van der Waals surface area (Å²) in [5, 5.41) is 0. The largest absolute Gasteiger partial charge is 0.482 e. The van der Waals surface area contributed by atoms with Gasteiger partial charge in [0.15, 0.2) is 11.5 Å². The average molecular weight is 361 g/mol. The van der Waals surface area contributed by atoms with E-state index in [9.17, 15) is 0 Å². The van der Waals surface area contributed by atoms with E-state index < -0.39 is 0 Å². The molecule has 138 valence electrons. The Morgan fingerprint density at radius 3 is 2.41 bits per heavy atom. The van der Waals surface area contributed by atoms with Gasteiger partial charge in [-0.05, 0) is 29.8 Å². The molecule has 1 atom stereocenters. The number of para-hydroxylation sites is 2. The molecule has 3 aromatic rings. The molecule has 1 aliphatic rings. The second-order valence-corrected chi connectivity index (χ2v) is 6.55. The van der Waals surface area contributed by atoms with E-state index >= 15 is 0 Å². The van der Waals surface area contributed by atoms with Crippen LogP contribution in [0.2, 0.25) is 0 Å². The Kier molecular flexibility index (Phi) is 5.15. The van der Waals surface area contributed by atoms with Gasteiger partial charge < -0.3 is 19.1 Å². The molecule has 0 amide bonds. The highest BCUT2D eigenvalue weighted by atomic mass is 16.7. The Bertz CT molecular complexity index is 867. The molecule has 27 heavy (non-hydrogen) atoms. The summed E-state index contributed by atoms with van der Waals surface area (Å²) >= 11 is 0. The smallest absolute Gasteiger partial charge is 0.231 e. The molecule has 0 radical (unpaired) electrons. The van der Waals surface area contributed by atoms with Crippen LogP contribution in [0.5, 0.6) is 17.2 Å². The van der Waals surface area contributed by atoms with Gasteiger partial charge in [-0.1, -0.05) is 54.6 Å². The molecule has 4 nitrogen and oxygen atoms in total. The fourth-order valence-corrected chi connectivity index (χ4v) is 3.23. The summed E-state index contributed by atoms with van der Waals surface area (Å²) in [7, 11) is 2.11. The van der Waals surface area contributed by atoms with E-state index in [0.29, 0.717) is 5.75 Å². The number of benzene rings is 3. The van der Waals surface area contributed by atoms with Crippen LogP contribution in [0.4, 0.5) is 5.69 Å². The molecule has 1 aliphatic heterocycles. The molecule has 0 unspecified atom stereocenters.